The molecule has 0 fully saturated rings. The van der Waals surface area contributed by atoms with Gasteiger partial charge in [0.25, 0.3) is 0 Å². The van der Waals surface area contributed by atoms with Gasteiger partial charge in [-0.2, -0.15) is 0 Å². The normalized spacial score (nSPS) is 11.2. The molecule has 26 heavy (non-hydrogen) atoms. The Morgan fingerprint density at radius 3 is 2.58 bits per heavy atom. The Hall–Kier alpha value is -2.52. The first-order valence-electron chi connectivity index (χ1n) is 8.36. The summed E-state index contributed by atoms with van der Waals surface area (Å²) < 4.78 is 3.67. The second-order valence-electron chi connectivity index (χ2n) is 6.14. The number of hydrogen-bond donors (Lipinski definition) is 1. The molecule has 124 valence electrons. The van der Waals surface area contributed by atoms with Crippen molar-refractivity contribution < 1.29 is 0 Å². The summed E-state index contributed by atoms with van der Waals surface area (Å²) >= 11 is 5.90. The Balaban J connectivity index is 1.70. The van der Waals surface area contributed by atoms with Crippen molar-refractivity contribution in [3.05, 3.63) is 83.5 Å². The minimum absolute atomic E-state index is 0.324. The summed E-state index contributed by atoms with van der Waals surface area (Å²) in [4.78, 5) is 8.11. The maximum absolute atomic E-state index is 5.58. The van der Waals surface area contributed by atoms with Gasteiger partial charge in [-0.1, -0.05) is 0 Å². The van der Waals surface area contributed by atoms with E-state index in [2.05, 4.69) is 58.5 Å². The zero-order valence-corrected chi connectivity index (χ0v) is 16.3. The quantitative estimate of drug-likeness (QED) is 0.289. The van der Waals surface area contributed by atoms with Gasteiger partial charge < -0.3 is 0 Å². The molecule has 3 aromatic heterocycles. The van der Waals surface area contributed by atoms with Gasteiger partial charge in [-0.05, 0) is 0 Å². The summed E-state index contributed by atoms with van der Waals surface area (Å²) in [5, 5.41) is 1.21. The van der Waals surface area contributed by atoms with Crippen molar-refractivity contribution >= 4 is 46.1 Å². The number of aromatic nitrogens is 2. The van der Waals surface area contributed by atoms with E-state index in [-0.39, 0.29) is 0 Å². The molecule has 0 radical (unpaired) electrons. The van der Waals surface area contributed by atoms with Crippen molar-refractivity contribution in [3.8, 4) is 22.5 Å². The third-order valence-corrected chi connectivity index (χ3v) is 7.19. The molecule has 0 spiro atoms. The van der Waals surface area contributed by atoms with Crippen molar-refractivity contribution in [3.63, 3.8) is 0 Å². The molecule has 0 saturated heterocycles. The standard InChI is InChI=1S/C22H14N2SSe/c25-18-8-4-9-19-21(18)22-20(26-19)11-10-17(24-22)15-6-3-5-14(13-15)16-7-1-2-12-23-16/h1-13,24H. The third kappa shape index (κ3) is 2.63. The molecule has 5 aromatic rings. The Kier molecular flexibility index (Phi) is 3.83. The fourth-order valence-corrected chi connectivity index (χ4v) is 5.98. The van der Waals surface area contributed by atoms with Gasteiger partial charge in [0.05, 0.1) is 0 Å². The summed E-state index contributed by atoms with van der Waals surface area (Å²) in [6.07, 6.45) is 1.83. The number of benzene rings is 2. The molecule has 0 aliphatic carbocycles. The molecule has 2 nitrogen and oxygen atoms in total. The number of pyridine rings is 2. The number of fused-ring (bicyclic) bond motifs is 3. The molecule has 2 aromatic carbocycles. The predicted molar refractivity (Wildman–Crippen MR) is 112 cm³/mol. The van der Waals surface area contributed by atoms with Crippen LogP contribution in [-0.2, 0) is 0 Å². The van der Waals surface area contributed by atoms with Gasteiger partial charge >= 0.3 is 162 Å². The molecule has 0 amide bonds. The molecule has 0 atom stereocenters. The fraction of sp³-hybridized carbons (Fsp3) is 0. The van der Waals surface area contributed by atoms with Crippen molar-refractivity contribution in [1.82, 2.24) is 9.97 Å². The van der Waals surface area contributed by atoms with Crippen LogP contribution in [0.3, 0.4) is 0 Å². The molecule has 0 aliphatic rings. The number of aromatic amines is 1. The molecule has 3 heterocycles. The van der Waals surface area contributed by atoms with E-state index in [1.807, 2.05) is 30.5 Å². The van der Waals surface area contributed by atoms with Gasteiger partial charge in [-0.15, -0.1) is 0 Å². The SMILES string of the molecule is S=c1cccc2[se]c3ccc(-c4cccc(-c5ccccn5)c4)[nH]c3c12. The molecular formula is C22H14N2SSe. The van der Waals surface area contributed by atoms with E-state index < -0.39 is 0 Å². The zero-order valence-electron chi connectivity index (χ0n) is 13.8. The van der Waals surface area contributed by atoms with E-state index in [1.54, 1.807) is 0 Å². The van der Waals surface area contributed by atoms with Crippen LogP contribution in [0.5, 0.6) is 0 Å². The van der Waals surface area contributed by atoms with Crippen LogP contribution in [0.4, 0.5) is 0 Å². The second-order valence-corrected chi connectivity index (χ2v) is 8.85. The van der Waals surface area contributed by atoms with Gasteiger partial charge in [-0.25, -0.2) is 0 Å². The van der Waals surface area contributed by atoms with Crippen molar-refractivity contribution in [2.75, 3.05) is 0 Å². The van der Waals surface area contributed by atoms with E-state index in [1.165, 1.54) is 19.4 Å². The third-order valence-electron chi connectivity index (χ3n) is 4.50. The number of rotatable bonds is 2. The summed E-state index contributed by atoms with van der Waals surface area (Å²) in [6.45, 7) is 0. The van der Waals surface area contributed by atoms with Gasteiger partial charge in [0.2, 0.25) is 0 Å². The van der Waals surface area contributed by atoms with Crippen LogP contribution in [0.15, 0.2) is 79.0 Å². The Morgan fingerprint density at radius 1 is 0.808 bits per heavy atom. The Bertz CT molecular complexity index is 1300. The van der Waals surface area contributed by atoms with Gasteiger partial charge in [0.15, 0.2) is 0 Å². The van der Waals surface area contributed by atoms with Crippen LogP contribution in [-0.4, -0.2) is 24.5 Å². The van der Waals surface area contributed by atoms with Crippen LogP contribution in [0.25, 0.3) is 41.9 Å². The van der Waals surface area contributed by atoms with Crippen molar-refractivity contribution in [2.24, 2.45) is 0 Å². The molecule has 0 aliphatic heterocycles. The fourth-order valence-electron chi connectivity index (χ4n) is 3.26. The summed E-state index contributed by atoms with van der Waals surface area (Å²) in [5.74, 6) is 0. The van der Waals surface area contributed by atoms with Crippen LogP contribution >= 0.6 is 12.2 Å². The predicted octanol–water partition coefficient (Wildman–Crippen LogP) is 5.84. The van der Waals surface area contributed by atoms with E-state index in [9.17, 15) is 0 Å². The first-order chi connectivity index (χ1) is 12.8. The number of nitrogens with one attached hydrogen (secondary N) is 1. The van der Waals surface area contributed by atoms with Crippen LogP contribution in [0.2, 0.25) is 0 Å². The monoisotopic (exact) mass is 418 g/mol. The van der Waals surface area contributed by atoms with Crippen LogP contribution in [0.1, 0.15) is 0 Å². The molecule has 0 saturated carbocycles. The number of hydrogen-bond acceptors (Lipinski definition) is 2. The van der Waals surface area contributed by atoms with Crippen molar-refractivity contribution in [2.45, 2.75) is 0 Å². The molecule has 5 rings (SSSR count). The molecule has 0 bridgehead atoms. The maximum atomic E-state index is 5.58. The van der Waals surface area contributed by atoms with E-state index >= 15 is 0 Å². The molecule has 1 N–H and O–H groups in total. The molecule has 4 heteroatoms. The summed E-state index contributed by atoms with van der Waals surface area (Å²) in [6, 6.07) is 25.2. The van der Waals surface area contributed by atoms with Gasteiger partial charge in [0, 0.05) is 0 Å². The molecular weight excluding hydrogens is 403 g/mol. The second kappa shape index (κ2) is 6.33. The van der Waals surface area contributed by atoms with Gasteiger partial charge in [0.1, 0.15) is 0 Å². The minimum atomic E-state index is 0.324. The van der Waals surface area contributed by atoms with Crippen LogP contribution in [0, 0.1) is 4.51 Å². The summed E-state index contributed by atoms with van der Waals surface area (Å²) in [7, 11) is 0. The first-order valence-corrected chi connectivity index (χ1v) is 10.5. The van der Waals surface area contributed by atoms with E-state index in [0.717, 1.165) is 27.0 Å². The van der Waals surface area contributed by atoms with Crippen LogP contribution < -0.4 is 0 Å². The van der Waals surface area contributed by atoms with Crippen molar-refractivity contribution in [1.29, 1.82) is 0 Å². The Morgan fingerprint density at radius 2 is 1.69 bits per heavy atom. The number of nitrogens with zero attached hydrogens (tertiary/aromatic N) is 1. The number of H-pyrrole nitrogens is 1. The summed E-state index contributed by atoms with van der Waals surface area (Å²) in [5.41, 5.74) is 5.54. The average Bonchev–Trinajstić information content (AvgIpc) is 3.08. The van der Waals surface area contributed by atoms with Gasteiger partial charge in [-0.3, -0.25) is 0 Å². The molecule has 0 unspecified atom stereocenters. The Labute approximate surface area is 161 Å². The first kappa shape index (κ1) is 15.7. The van der Waals surface area contributed by atoms with E-state index in [0.29, 0.717) is 14.5 Å². The topological polar surface area (TPSA) is 28.7 Å². The van der Waals surface area contributed by atoms with E-state index in [4.69, 9.17) is 12.2 Å². The average molecular weight is 417 g/mol. The zero-order chi connectivity index (χ0) is 17.5.